The third-order valence-electron chi connectivity index (χ3n) is 5.95. The molecule has 0 aliphatic heterocycles. The van der Waals surface area contributed by atoms with Gasteiger partial charge in [0.15, 0.2) is 0 Å². The standard InChI is InChI=1S/C29H20ClF3N6O4/c1-42-24-10-8-19(13-22(24)29(31,32)33)37-28(41)36-18-6-2-4-16(12-18)27-38-25(39-43-27)21-9-7-20(14-23(21)30)35-26(40)17-5-3-11-34-15-17/h2-15H,1H3,(H,35,40)(H2,36,37,41). The molecule has 0 aliphatic rings. The highest BCUT2D eigenvalue weighted by molar-refractivity contribution is 6.33. The molecule has 0 aliphatic carbocycles. The van der Waals surface area contributed by atoms with E-state index in [1.165, 1.54) is 12.3 Å². The molecule has 0 radical (unpaired) electrons. The Morgan fingerprint density at radius 2 is 1.65 bits per heavy atom. The van der Waals surface area contributed by atoms with E-state index in [4.69, 9.17) is 20.9 Å². The number of nitrogens with zero attached hydrogens (tertiary/aromatic N) is 3. The van der Waals surface area contributed by atoms with E-state index in [0.29, 0.717) is 28.1 Å². The van der Waals surface area contributed by atoms with Crippen LogP contribution >= 0.6 is 11.6 Å². The summed E-state index contributed by atoms with van der Waals surface area (Å²) in [6.45, 7) is 0. The molecule has 0 spiro atoms. The van der Waals surface area contributed by atoms with Crippen LogP contribution in [-0.4, -0.2) is 34.2 Å². The molecule has 0 bridgehead atoms. The van der Waals surface area contributed by atoms with E-state index < -0.39 is 17.8 Å². The minimum Gasteiger partial charge on any atom is -0.496 e. The predicted molar refractivity (Wildman–Crippen MR) is 153 cm³/mol. The first-order valence-corrected chi connectivity index (χ1v) is 12.8. The van der Waals surface area contributed by atoms with Gasteiger partial charge < -0.3 is 25.2 Å². The number of nitrogens with one attached hydrogen (secondary N) is 3. The van der Waals surface area contributed by atoms with E-state index in [9.17, 15) is 22.8 Å². The van der Waals surface area contributed by atoms with Crippen molar-refractivity contribution in [3.63, 3.8) is 0 Å². The number of pyridine rings is 1. The van der Waals surface area contributed by atoms with Crippen molar-refractivity contribution in [2.45, 2.75) is 6.18 Å². The van der Waals surface area contributed by atoms with Crippen LogP contribution in [0, 0.1) is 0 Å². The zero-order valence-electron chi connectivity index (χ0n) is 22.1. The molecule has 0 saturated heterocycles. The Hall–Kier alpha value is -5.43. The zero-order valence-corrected chi connectivity index (χ0v) is 22.8. The van der Waals surface area contributed by atoms with Crippen molar-refractivity contribution in [2.24, 2.45) is 0 Å². The number of aromatic nitrogens is 3. The molecule has 3 aromatic carbocycles. The fourth-order valence-electron chi connectivity index (χ4n) is 3.96. The Kier molecular flexibility index (Phi) is 8.25. The van der Waals surface area contributed by atoms with Crippen molar-refractivity contribution in [1.29, 1.82) is 0 Å². The molecule has 218 valence electrons. The van der Waals surface area contributed by atoms with E-state index in [1.54, 1.807) is 60.8 Å². The number of urea groups is 1. The van der Waals surface area contributed by atoms with Gasteiger partial charge in [-0.05, 0) is 66.7 Å². The maximum atomic E-state index is 13.3. The number of methoxy groups -OCH3 is 1. The predicted octanol–water partition coefficient (Wildman–Crippen LogP) is 7.38. The van der Waals surface area contributed by atoms with Crippen molar-refractivity contribution in [1.82, 2.24) is 15.1 Å². The number of anilines is 3. The highest BCUT2D eigenvalue weighted by atomic mass is 35.5. The van der Waals surface area contributed by atoms with E-state index >= 15 is 0 Å². The highest BCUT2D eigenvalue weighted by Crippen LogP contribution is 2.38. The van der Waals surface area contributed by atoms with Gasteiger partial charge in [0.2, 0.25) is 5.82 Å². The second-order valence-electron chi connectivity index (χ2n) is 8.89. The summed E-state index contributed by atoms with van der Waals surface area (Å²) in [4.78, 5) is 33.2. The topological polar surface area (TPSA) is 131 Å². The summed E-state index contributed by atoms with van der Waals surface area (Å²) in [7, 11) is 1.13. The molecule has 0 atom stereocenters. The number of carbonyl (C=O) groups excluding carboxylic acids is 2. The van der Waals surface area contributed by atoms with Crippen LogP contribution in [-0.2, 0) is 6.18 Å². The van der Waals surface area contributed by atoms with Gasteiger partial charge >= 0.3 is 12.2 Å². The van der Waals surface area contributed by atoms with Gasteiger partial charge in [0.05, 0.1) is 23.3 Å². The van der Waals surface area contributed by atoms with Gasteiger partial charge in [-0.1, -0.05) is 22.8 Å². The molecule has 0 saturated carbocycles. The van der Waals surface area contributed by atoms with Crippen LogP contribution in [0.3, 0.4) is 0 Å². The van der Waals surface area contributed by atoms with E-state index in [0.717, 1.165) is 19.2 Å². The van der Waals surface area contributed by atoms with Crippen molar-refractivity contribution in [2.75, 3.05) is 23.1 Å². The molecule has 10 nitrogen and oxygen atoms in total. The largest absolute Gasteiger partial charge is 0.496 e. The number of hydrogen-bond donors (Lipinski definition) is 3. The number of halogens is 4. The van der Waals surface area contributed by atoms with Crippen molar-refractivity contribution >= 4 is 40.6 Å². The van der Waals surface area contributed by atoms with Gasteiger partial charge in [0, 0.05) is 40.6 Å². The summed E-state index contributed by atoms with van der Waals surface area (Å²) in [5.74, 6) is -0.416. The molecule has 2 heterocycles. The first-order chi connectivity index (χ1) is 20.6. The highest BCUT2D eigenvalue weighted by Gasteiger charge is 2.34. The molecule has 5 rings (SSSR count). The summed E-state index contributed by atoms with van der Waals surface area (Å²) in [6.07, 6.45) is -1.66. The summed E-state index contributed by atoms with van der Waals surface area (Å²) in [5, 5.41) is 11.9. The third kappa shape index (κ3) is 6.90. The summed E-state index contributed by atoms with van der Waals surface area (Å²) < 4.78 is 50.1. The number of carbonyl (C=O) groups is 2. The lowest BCUT2D eigenvalue weighted by Crippen LogP contribution is -2.20. The lowest BCUT2D eigenvalue weighted by molar-refractivity contribution is -0.138. The van der Waals surface area contributed by atoms with Crippen molar-refractivity contribution < 1.29 is 32.0 Å². The van der Waals surface area contributed by atoms with Gasteiger partial charge in [0.1, 0.15) is 5.75 Å². The van der Waals surface area contributed by atoms with Crippen LogP contribution in [0.25, 0.3) is 22.8 Å². The maximum absolute atomic E-state index is 13.3. The number of benzene rings is 3. The van der Waals surface area contributed by atoms with Crippen LogP contribution in [0.2, 0.25) is 5.02 Å². The van der Waals surface area contributed by atoms with E-state index in [1.807, 2.05) is 0 Å². The lowest BCUT2D eigenvalue weighted by Gasteiger charge is -2.14. The smallest absolute Gasteiger partial charge is 0.420 e. The molecule has 0 unspecified atom stereocenters. The lowest BCUT2D eigenvalue weighted by atomic mass is 10.1. The minimum absolute atomic E-state index is 0.0807. The Morgan fingerprint density at radius 3 is 2.35 bits per heavy atom. The van der Waals surface area contributed by atoms with Crippen LogP contribution in [0.1, 0.15) is 15.9 Å². The van der Waals surface area contributed by atoms with E-state index in [-0.39, 0.29) is 34.1 Å². The second-order valence-corrected chi connectivity index (χ2v) is 9.29. The van der Waals surface area contributed by atoms with Crippen molar-refractivity contribution in [3.05, 3.63) is 101 Å². The van der Waals surface area contributed by atoms with Gasteiger partial charge in [0.25, 0.3) is 11.8 Å². The molecule has 2 aromatic heterocycles. The monoisotopic (exact) mass is 608 g/mol. The van der Waals surface area contributed by atoms with Gasteiger partial charge in [-0.3, -0.25) is 9.78 Å². The van der Waals surface area contributed by atoms with Crippen LogP contribution in [0.4, 0.5) is 35.0 Å². The van der Waals surface area contributed by atoms with Gasteiger partial charge in [-0.25, -0.2) is 4.79 Å². The summed E-state index contributed by atoms with van der Waals surface area (Å²) in [6, 6.07) is 16.9. The van der Waals surface area contributed by atoms with Gasteiger partial charge in [-0.15, -0.1) is 0 Å². The molecule has 0 fully saturated rings. The van der Waals surface area contributed by atoms with Crippen LogP contribution in [0.5, 0.6) is 5.75 Å². The van der Waals surface area contributed by atoms with Crippen molar-refractivity contribution in [3.8, 4) is 28.6 Å². The molecule has 3 amide bonds. The number of amides is 3. The Morgan fingerprint density at radius 1 is 0.907 bits per heavy atom. The fourth-order valence-corrected chi connectivity index (χ4v) is 4.22. The molecule has 43 heavy (non-hydrogen) atoms. The number of alkyl halides is 3. The quantitative estimate of drug-likeness (QED) is 0.176. The summed E-state index contributed by atoms with van der Waals surface area (Å²) in [5.41, 5.74) is 0.947. The number of hydrogen-bond acceptors (Lipinski definition) is 7. The number of rotatable bonds is 7. The van der Waals surface area contributed by atoms with Crippen LogP contribution in [0.15, 0.2) is 89.7 Å². The second kappa shape index (κ2) is 12.2. The van der Waals surface area contributed by atoms with Crippen LogP contribution < -0.4 is 20.7 Å². The Labute approximate surface area is 246 Å². The molecular formula is C29H20ClF3N6O4. The normalized spacial score (nSPS) is 11.1. The van der Waals surface area contributed by atoms with E-state index in [2.05, 4.69) is 31.1 Å². The van der Waals surface area contributed by atoms with Gasteiger partial charge in [-0.2, -0.15) is 18.2 Å². The Balaban J connectivity index is 1.27. The molecule has 14 heteroatoms. The SMILES string of the molecule is COc1ccc(NC(=O)Nc2cccc(-c3nc(-c4ccc(NC(=O)c5cccnc5)cc4Cl)no3)c2)cc1C(F)(F)F. The minimum atomic E-state index is -4.67. The first-order valence-electron chi connectivity index (χ1n) is 12.4. The fraction of sp³-hybridized carbons (Fsp3) is 0.0690. The average molecular weight is 609 g/mol. The zero-order chi connectivity index (χ0) is 30.6. The average Bonchev–Trinajstić information content (AvgIpc) is 3.47. The maximum Gasteiger partial charge on any atom is 0.420 e. The Bertz CT molecular complexity index is 1800. The number of ether oxygens (including phenoxy) is 1. The molecule has 5 aromatic rings. The molecule has 3 N–H and O–H groups in total. The molecular weight excluding hydrogens is 589 g/mol. The third-order valence-corrected chi connectivity index (χ3v) is 6.26. The first kappa shape index (κ1) is 29.1. The summed E-state index contributed by atoms with van der Waals surface area (Å²) >= 11 is 6.44.